The summed E-state index contributed by atoms with van der Waals surface area (Å²) in [5.41, 5.74) is 0. The second-order valence-corrected chi connectivity index (χ2v) is 2.94. The lowest BCUT2D eigenvalue weighted by Crippen LogP contribution is -2.42. The average molecular weight is 208 g/mol. The molecule has 0 saturated heterocycles. The van der Waals surface area contributed by atoms with Crippen molar-refractivity contribution >= 4 is 0 Å². The number of hydrogen-bond donors (Lipinski definition) is 3. The molecule has 3 N–H and O–H groups in total. The van der Waals surface area contributed by atoms with Crippen LogP contribution in [0.25, 0.3) is 0 Å². The first-order valence-electron chi connectivity index (χ1n) is 4.83. The minimum absolute atomic E-state index is 0.0147. The summed E-state index contributed by atoms with van der Waals surface area (Å²) in [6, 6.07) is 0. The molecule has 2 unspecified atom stereocenters. The summed E-state index contributed by atoms with van der Waals surface area (Å²) in [5.74, 6) is 0. The van der Waals surface area contributed by atoms with Gasteiger partial charge in [-0.1, -0.05) is 0 Å². The van der Waals surface area contributed by atoms with Crippen LogP contribution in [0.1, 0.15) is 13.8 Å². The molecule has 0 aromatic carbocycles. The van der Waals surface area contributed by atoms with E-state index in [4.69, 9.17) is 9.47 Å². The molecule has 0 aromatic rings. The van der Waals surface area contributed by atoms with Crippen LogP contribution in [-0.2, 0) is 9.47 Å². The smallest absolute Gasteiger partial charge is 0.110 e. The lowest BCUT2D eigenvalue weighted by Gasteiger charge is -2.22. The standard InChI is InChI=1S/C9H20O5/c1-3-13-5-7(10)9(12)8(11)6-14-4-2/h7-12H,3-6H2,1-2H3. The van der Waals surface area contributed by atoms with Gasteiger partial charge in [-0.25, -0.2) is 0 Å². The SMILES string of the molecule is CCOCC(O)C(O)C(O)COCC. The lowest BCUT2D eigenvalue weighted by atomic mass is 10.1. The summed E-state index contributed by atoms with van der Waals surface area (Å²) in [5, 5.41) is 28.0. The van der Waals surface area contributed by atoms with E-state index < -0.39 is 18.3 Å². The van der Waals surface area contributed by atoms with Gasteiger partial charge in [-0.2, -0.15) is 0 Å². The molecule has 0 bridgehead atoms. The Hall–Kier alpha value is -0.200. The van der Waals surface area contributed by atoms with E-state index in [2.05, 4.69) is 0 Å². The molecule has 0 fully saturated rings. The molecule has 0 spiro atoms. The summed E-state index contributed by atoms with van der Waals surface area (Å²) in [6.07, 6.45) is -3.39. The van der Waals surface area contributed by atoms with E-state index in [0.29, 0.717) is 13.2 Å². The first-order valence-corrected chi connectivity index (χ1v) is 4.83. The van der Waals surface area contributed by atoms with Gasteiger partial charge in [-0.3, -0.25) is 0 Å². The van der Waals surface area contributed by atoms with Crippen LogP contribution in [0.4, 0.5) is 0 Å². The second-order valence-electron chi connectivity index (χ2n) is 2.94. The Morgan fingerprint density at radius 2 is 1.21 bits per heavy atom. The van der Waals surface area contributed by atoms with Crippen LogP contribution in [0.2, 0.25) is 0 Å². The van der Waals surface area contributed by atoms with E-state index in [1.165, 1.54) is 0 Å². The van der Waals surface area contributed by atoms with Crippen LogP contribution in [0.15, 0.2) is 0 Å². The zero-order valence-corrected chi connectivity index (χ0v) is 8.72. The molecule has 0 radical (unpaired) electrons. The molecule has 5 nitrogen and oxygen atoms in total. The topological polar surface area (TPSA) is 79.2 Å². The highest BCUT2D eigenvalue weighted by atomic mass is 16.5. The number of ether oxygens (including phenoxy) is 2. The van der Waals surface area contributed by atoms with Crippen LogP contribution < -0.4 is 0 Å². The third kappa shape index (κ3) is 5.51. The van der Waals surface area contributed by atoms with Crippen molar-refractivity contribution in [2.75, 3.05) is 26.4 Å². The van der Waals surface area contributed by atoms with E-state index in [1.807, 2.05) is 0 Å². The molecule has 0 rings (SSSR count). The maximum Gasteiger partial charge on any atom is 0.110 e. The Bertz CT molecular complexity index is 116. The Balaban J connectivity index is 3.72. The fourth-order valence-electron chi connectivity index (χ4n) is 0.931. The molecule has 0 saturated carbocycles. The molecule has 2 atom stereocenters. The summed E-state index contributed by atoms with van der Waals surface area (Å²) in [6.45, 7) is 4.53. The Kier molecular flexibility index (Phi) is 8.02. The van der Waals surface area contributed by atoms with Crippen LogP contribution in [-0.4, -0.2) is 60.1 Å². The van der Waals surface area contributed by atoms with Gasteiger partial charge < -0.3 is 24.8 Å². The minimum Gasteiger partial charge on any atom is -0.388 e. The van der Waals surface area contributed by atoms with Crippen molar-refractivity contribution < 1.29 is 24.8 Å². The molecule has 0 aliphatic carbocycles. The Labute approximate surface area is 84.3 Å². The molecule has 0 aromatic heterocycles. The second kappa shape index (κ2) is 8.14. The number of rotatable bonds is 8. The first-order chi connectivity index (χ1) is 6.63. The van der Waals surface area contributed by atoms with Gasteiger partial charge in [0.25, 0.3) is 0 Å². The van der Waals surface area contributed by atoms with E-state index in [-0.39, 0.29) is 13.2 Å². The van der Waals surface area contributed by atoms with E-state index in [1.54, 1.807) is 13.8 Å². The highest BCUT2D eigenvalue weighted by molar-refractivity contribution is 4.74. The molecular weight excluding hydrogens is 188 g/mol. The number of aliphatic hydroxyl groups is 3. The van der Waals surface area contributed by atoms with Crippen molar-refractivity contribution in [3.8, 4) is 0 Å². The Morgan fingerprint density at radius 3 is 1.50 bits per heavy atom. The van der Waals surface area contributed by atoms with Crippen LogP contribution >= 0.6 is 0 Å². The molecule has 0 aliphatic rings. The quantitative estimate of drug-likeness (QED) is 0.484. The molecule has 0 amide bonds. The van der Waals surface area contributed by atoms with Crippen molar-refractivity contribution in [3.05, 3.63) is 0 Å². The summed E-state index contributed by atoms with van der Waals surface area (Å²) in [7, 11) is 0. The molecule has 0 heterocycles. The van der Waals surface area contributed by atoms with Crippen molar-refractivity contribution in [3.63, 3.8) is 0 Å². The zero-order chi connectivity index (χ0) is 11.0. The molecule has 0 aliphatic heterocycles. The number of hydrogen-bond acceptors (Lipinski definition) is 5. The molecule has 86 valence electrons. The van der Waals surface area contributed by atoms with Crippen LogP contribution in [0, 0.1) is 0 Å². The molecular formula is C9H20O5. The maximum atomic E-state index is 9.38. The normalized spacial score (nSPS) is 17.8. The number of aliphatic hydroxyl groups excluding tert-OH is 3. The van der Waals surface area contributed by atoms with Gasteiger partial charge >= 0.3 is 0 Å². The summed E-state index contributed by atoms with van der Waals surface area (Å²) < 4.78 is 9.82. The van der Waals surface area contributed by atoms with Gasteiger partial charge in [0.15, 0.2) is 0 Å². The summed E-state index contributed by atoms with van der Waals surface area (Å²) in [4.78, 5) is 0. The fourth-order valence-corrected chi connectivity index (χ4v) is 0.931. The zero-order valence-electron chi connectivity index (χ0n) is 8.72. The van der Waals surface area contributed by atoms with Gasteiger partial charge in [0.2, 0.25) is 0 Å². The van der Waals surface area contributed by atoms with Crippen molar-refractivity contribution in [1.29, 1.82) is 0 Å². The van der Waals surface area contributed by atoms with Crippen LogP contribution in [0.3, 0.4) is 0 Å². The summed E-state index contributed by atoms with van der Waals surface area (Å²) >= 11 is 0. The third-order valence-electron chi connectivity index (χ3n) is 1.77. The van der Waals surface area contributed by atoms with Gasteiger partial charge in [-0.05, 0) is 13.8 Å². The average Bonchev–Trinajstić information content (AvgIpc) is 2.21. The van der Waals surface area contributed by atoms with Gasteiger partial charge in [0, 0.05) is 13.2 Å². The third-order valence-corrected chi connectivity index (χ3v) is 1.77. The Morgan fingerprint density at radius 1 is 0.857 bits per heavy atom. The maximum absolute atomic E-state index is 9.38. The molecule has 14 heavy (non-hydrogen) atoms. The predicted molar refractivity (Wildman–Crippen MR) is 51.0 cm³/mol. The first kappa shape index (κ1) is 13.8. The highest BCUT2D eigenvalue weighted by Crippen LogP contribution is 2.01. The van der Waals surface area contributed by atoms with Gasteiger partial charge in [-0.15, -0.1) is 0 Å². The van der Waals surface area contributed by atoms with Crippen molar-refractivity contribution in [2.24, 2.45) is 0 Å². The van der Waals surface area contributed by atoms with Crippen molar-refractivity contribution in [1.82, 2.24) is 0 Å². The van der Waals surface area contributed by atoms with Crippen LogP contribution in [0.5, 0.6) is 0 Å². The van der Waals surface area contributed by atoms with E-state index >= 15 is 0 Å². The minimum atomic E-state index is -1.23. The lowest BCUT2D eigenvalue weighted by molar-refractivity contribution is -0.106. The monoisotopic (exact) mass is 208 g/mol. The predicted octanol–water partition coefficient (Wildman–Crippen LogP) is -0.858. The molecule has 5 heteroatoms. The van der Waals surface area contributed by atoms with E-state index in [0.717, 1.165) is 0 Å². The van der Waals surface area contributed by atoms with Crippen molar-refractivity contribution in [2.45, 2.75) is 32.2 Å². The van der Waals surface area contributed by atoms with E-state index in [9.17, 15) is 15.3 Å². The largest absolute Gasteiger partial charge is 0.388 e. The van der Waals surface area contributed by atoms with Gasteiger partial charge in [0.05, 0.1) is 13.2 Å². The fraction of sp³-hybridized carbons (Fsp3) is 1.00. The van der Waals surface area contributed by atoms with Gasteiger partial charge in [0.1, 0.15) is 18.3 Å². The highest BCUT2D eigenvalue weighted by Gasteiger charge is 2.24.